The van der Waals surface area contributed by atoms with E-state index in [9.17, 15) is 0 Å². The van der Waals surface area contributed by atoms with Gasteiger partial charge in [0.2, 0.25) is 0 Å². The molecular weight excluding hydrogens is 422 g/mol. The Labute approximate surface area is 203 Å². The Kier molecular flexibility index (Phi) is 7.30. The largest absolute Gasteiger partial charge is 0.493 e. The average Bonchev–Trinajstić information content (AvgIpc) is 3.39. The molecule has 34 heavy (non-hydrogen) atoms. The van der Waals surface area contributed by atoms with Crippen LogP contribution >= 0.6 is 0 Å². The summed E-state index contributed by atoms with van der Waals surface area (Å²) in [5.74, 6) is 1.70. The molecule has 1 saturated carbocycles. The molecule has 1 aromatic heterocycles. The van der Waals surface area contributed by atoms with E-state index in [1.165, 1.54) is 29.7 Å². The predicted molar refractivity (Wildman–Crippen MR) is 137 cm³/mol. The zero-order chi connectivity index (χ0) is 23.2. The van der Waals surface area contributed by atoms with E-state index in [0.29, 0.717) is 12.1 Å². The first kappa shape index (κ1) is 22.7. The van der Waals surface area contributed by atoms with Crippen LogP contribution in [0, 0.1) is 0 Å². The zero-order valence-electron chi connectivity index (χ0n) is 20.1. The van der Waals surface area contributed by atoms with Gasteiger partial charge in [-0.3, -0.25) is 9.88 Å². The summed E-state index contributed by atoms with van der Waals surface area (Å²) in [7, 11) is 1.73. The van der Waals surface area contributed by atoms with E-state index in [1.54, 1.807) is 7.11 Å². The highest BCUT2D eigenvalue weighted by molar-refractivity contribution is 5.57. The third-order valence-corrected chi connectivity index (χ3v) is 7.14. The maximum Gasteiger partial charge on any atom is 0.163 e. The molecule has 2 aliphatic rings. The lowest BCUT2D eigenvalue weighted by Gasteiger charge is -2.43. The lowest BCUT2D eigenvalue weighted by Crippen LogP contribution is -2.53. The molecule has 0 spiro atoms. The number of piperazine rings is 1. The molecular formula is C29H35N3O2. The molecule has 2 fully saturated rings. The van der Waals surface area contributed by atoms with Gasteiger partial charge in [0, 0.05) is 56.4 Å². The van der Waals surface area contributed by atoms with E-state index in [4.69, 9.17) is 9.47 Å². The van der Waals surface area contributed by atoms with Crippen LogP contribution in [0.3, 0.4) is 0 Å². The van der Waals surface area contributed by atoms with Gasteiger partial charge in [-0.2, -0.15) is 0 Å². The van der Waals surface area contributed by atoms with Crippen molar-refractivity contribution in [2.75, 3.05) is 31.6 Å². The Morgan fingerprint density at radius 1 is 0.912 bits per heavy atom. The second-order valence-electron chi connectivity index (χ2n) is 9.48. The summed E-state index contributed by atoms with van der Waals surface area (Å²) in [6.45, 7) is 3.90. The number of nitrogens with zero attached hydrogens (tertiary/aromatic N) is 3. The Morgan fingerprint density at radius 3 is 2.50 bits per heavy atom. The molecule has 1 aliphatic carbocycles. The van der Waals surface area contributed by atoms with Crippen LogP contribution < -0.4 is 14.4 Å². The van der Waals surface area contributed by atoms with Gasteiger partial charge in [-0.1, -0.05) is 36.4 Å². The normalized spacial score (nSPS) is 19.3. The van der Waals surface area contributed by atoms with Gasteiger partial charge in [-0.05, 0) is 61.4 Å². The maximum absolute atomic E-state index is 6.38. The minimum absolute atomic E-state index is 0.311. The number of hydrogen-bond acceptors (Lipinski definition) is 5. The first-order valence-electron chi connectivity index (χ1n) is 12.5. The van der Waals surface area contributed by atoms with Crippen LogP contribution in [0.4, 0.5) is 5.69 Å². The van der Waals surface area contributed by atoms with E-state index in [2.05, 4.69) is 69.4 Å². The Hall–Kier alpha value is -3.05. The fraction of sp³-hybridized carbons (Fsp3) is 0.414. The smallest absolute Gasteiger partial charge is 0.163 e. The van der Waals surface area contributed by atoms with Crippen molar-refractivity contribution in [2.45, 2.75) is 50.8 Å². The number of aromatic nitrogens is 1. The van der Waals surface area contributed by atoms with Crippen molar-refractivity contribution in [3.63, 3.8) is 0 Å². The van der Waals surface area contributed by atoms with Crippen LogP contribution in [-0.2, 0) is 13.0 Å². The highest BCUT2D eigenvalue weighted by Gasteiger charge is 2.28. The van der Waals surface area contributed by atoms with Gasteiger partial charge in [0.05, 0.1) is 13.2 Å². The molecule has 0 N–H and O–H groups in total. The summed E-state index contributed by atoms with van der Waals surface area (Å²) >= 11 is 0. The van der Waals surface area contributed by atoms with Crippen molar-refractivity contribution in [3.05, 3.63) is 84.2 Å². The highest BCUT2D eigenvalue weighted by atomic mass is 16.5. The van der Waals surface area contributed by atoms with E-state index in [1.807, 2.05) is 18.5 Å². The quantitative estimate of drug-likeness (QED) is 0.456. The van der Waals surface area contributed by atoms with Crippen molar-refractivity contribution in [1.82, 2.24) is 9.88 Å². The van der Waals surface area contributed by atoms with Crippen LogP contribution in [0.5, 0.6) is 11.5 Å². The molecule has 0 amide bonds. The second kappa shape index (κ2) is 10.9. The summed E-state index contributed by atoms with van der Waals surface area (Å²) in [6, 6.07) is 21.9. The van der Waals surface area contributed by atoms with Crippen molar-refractivity contribution < 1.29 is 9.47 Å². The van der Waals surface area contributed by atoms with Crippen LogP contribution in [-0.4, -0.2) is 48.8 Å². The Balaban J connectivity index is 1.35. The SMILES string of the molecule is COc1ccc(N2CCN(Cc3cccnc3)C(Cc3ccccc3)C2)cc1OC1CCCC1. The van der Waals surface area contributed by atoms with Crippen molar-refractivity contribution in [2.24, 2.45) is 0 Å². The van der Waals surface area contributed by atoms with E-state index >= 15 is 0 Å². The lowest BCUT2D eigenvalue weighted by atomic mass is 10.0. The summed E-state index contributed by atoms with van der Waals surface area (Å²) in [6.07, 6.45) is 9.96. The number of rotatable bonds is 8. The highest BCUT2D eigenvalue weighted by Crippen LogP contribution is 2.36. The minimum Gasteiger partial charge on any atom is -0.493 e. The lowest BCUT2D eigenvalue weighted by molar-refractivity contribution is 0.166. The molecule has 0 bridgehead atoms. The summed E-state index contributed by atoms with van der Waals surface area (Å²) < 4.78 is 12.0. The topological polar surface area (TPSA) is 37.8 Å². The number of benzene rings is 2. The van der Waals surface area contributed by atoms with Crippen LogP contribution in [0.25, 0.3) is 0 Å². The standard InChI is InChI=1S/C29H35N3O2/c1-33-28-14-13-25(19-29(28)34-27-11-5-6-12-27)32-17-16-31(21-24-10-7-15-30-20-24)26(22-32)18-23-8-3-2-4-9-23/h2-4,7-10,13-15,19-20,26-27H,5-6,11-12,16-18,21-22H2,1H3. The van der Waals surface area contributed by atoms with Gasteiger partial charge in [-0.15, -0.1) is 0 Å². The zero-order valence-corrected chi connectivity index (χ0v) is 20.1. The number of pyridine rings is 1. The first-order chi connectivity index (χ1) is 16.8. The summed E-state index contributed by atoms with van der Waals surface area (Å²) in [5, 5.41) is 0. The third kappa shape index (κ3) is 5.53. The molecule has 1 unspecified atom stereocenters. The van der Waals surface area contributed by atoms with Crippen LogP contribution in [0.2, 0.25) is 0 Å². The molecule has 0 radical (unpaired) electrons. The van der Waals surface area contributed by atoms with Gasteiger partial charge < -0.3 is 14.4 Å². The molecule has 1 aliphatic heterocycles. The Bertz CT molecular complexity index is 1040. The number of methoxy groups -OCH3 is 1. The van der Waals surface area contributed by atoms with Crippen LogP contribution in [0.15, 0.2) is 73.1 Å². The van der Waals surface area contributed by atoms with E-state index in [0.717, 1.165) is 56.9 Å². The second-order valence-corrected chi connectivity index (χ2v) is 9.48. The molecule has 3 aromatic rings. The molecule has 1 atom stereocenters. The van der Waals surface area contributed by atoms with E-state index < -0.39 is 0 Å². The van der Waals surface area contributed by atoms with Gasteiger partial charge in [0.1, 0.15) is 0 Å². The molecule has 178 valence electrons. The monoisotopic (exact) mass is 457 g/mol. The maximum atomic E-state index is 6.38. The molecule has 5 rings (SSSR count). The average molecular weight is 458 g/mol. The minimum atomic E-state index is 0.311. The van der Waals surface area contributed by atoms with Crippen molar-refractivity contribution in [3.8, 4) is 11.5 Å². The van der Waals surface area contributed by atoms with Crippen molar-refractivity contribution in [1.29, 1.82) is 0 Å². The summed E-state index contributed by atoms with van der Waals surface area (Å²) in [5.41, 5.74) is 3.86. The number of anilines is 1. The Morgan fingerprint density at radius 2 is 1.74 bits per heavy atom. The number of ether oxygens (including phenoxy) is 2. The van der Waals surface area contributed by atoms with Gasteiger partial charge in [-0.25, -0.2) is 0 Å². The van der Waals surface area contributed by atoms with Crippen molar-refractivity contribution >= 4 is 5.69 Å². The molecule has 5 heteroatoms. The number of hydrogen-bond donors (Lipinski definition) is 0. The molecule has 1 saturated heterocycles. The fourth-order valence-corrected chi connectivity index (χ4v) is 5.28. The molecule has 2 heterocycles. The predicted octanol–water partition coefficient (Wildman–Crippen LogP) is 5.35. The van der Waals surface area contributed by atoms with E-state index in [-0.39, 0.29) is 0 Å². The summed E-state index contributed by atoms with van der Waals surface area (Å²) in [4.78, 5) is 9.45. The van der Waals surface area contributed by atoms with Crippen LogP contribution in [0.1, 0.15) is 36.8 Å². The first-order valence-corrected chi connectivity index (χ1v) is 12.5. The molecule has 2 aromatic carbocycles. The fourth-order valence-electron chi connectivity index (χ4n) is 5.28. The van der Waals surface area contributed by atoms with Gasteiger partial charge in [0.25, 0.3) is 0 Å². The van der Waals surface area contributed by atoms with Gasteiger partial charge in [0.15, 0.2) is 11.5 Å². The third-order valence-electron chi connectivity index (χ3n) is 7.14. The molecule has 5 nitrogen and oxygen atoms in total. The van der Waals surface area contributed by atoms with Gasteiger partial charge >= 0.3 is 0 Å².